The first kappa shape index (κ1) is 13.2. The Bertz CT molecular complexity index is 433. The monoisotopic (exact) mass is 268 g/mol. The minimum Gasteiger partial charge on any atom is -0.399 e. The number of carbonyl (C=O) groups is 1. The van der Waals surface area contributed by atoms with E-state index in [9.17, 15) is 9.18 Å². The molecule has 1 aromatic rings. The van der Waals surface area contributed by atoms with E-state index < -0.39 is 5.82 Å². The van der Waals surface area contributed by atoms with Gasteiger partial charge < -0.3 is 11.1 Å². The molecule has 18 heavy (non-hydrogen) atoms. The molecule has 2 rings (SSSR count). The number of nitrogen functional groups attached to an aromatic ring is 1. The Morgan fingerprint density at radius 1 is 1.50 bits per heavy atom. The summed E-state index contributed by atoms with van der Waals surface area (Å²) in [7, 11) is 0. The summed E-state index contributed by atoms with van der Waals surface area (Å²) in [6.45, 7) is 0.604. The molecular formula is C13H17FN2OS. The molecule has 0 spiro atoms. The predicted octanol–water partition coefficient (Wildman–Crippen LogP) is 2.42. The van der Waals surface area contributed by atoms with Crippen LogP contribution in [-0.4, -0.2) is 23.5 Å². The number of amides is 1. The number of nitrogens with two attached hydrogens (primary N) is 1. The number of thioether (sulfide) groups is 1. The Hall–Kier alpha value is -1.23. The van der Waals surface area contributed by atoms with E-state index in [-0.39, 0.29) is 11.5 Å². The quantitative estimate of drug-likeness (QED) is 0.828. The fourth-order valence-electron chi connectivity index (χ4n) is 1.99. The van der Waals surface area contributed by atoms with Crippen molar-refractivity contribution in [3.63, 3.8) is 0 Å². The lowest BCUT2D eigenvalue weighted by Crippen LogP contribution is -2.32. The van der Waals surface area contributed by atoms with Crippen LogP contribution in [-0.2, 0) is 0 Å². The number of hydrogen-bond donors (Lipinski definition) is 2. The number of carbonyl (C=O) groups excluding carboxylic acids is 1. The van der Waals surface area contributed by atoms with Gasteiger partial charge in [-0.25, -0.2) is 4.39 Å². The zero-order valence-corrected chi connectivity index (χ0v) is 10.9. The molecule has 0 aliphatic carbocycles. The van der Waals surface area contributed by atoms with E-state index >= 15 is 0 Å². The molecule has 1 saturated heterocycles. The third-order valence-corrected chi connectivity index (χ3v) is 4.40. The minimum absolute atomic E-state index is 0.0602. The largest absolute Gasteiger partial charge is 0.399 e. The molecule has 5 heteroatoms. The van der Waals surface area contributed by atoms with Gasteiger partial charge >= 0.3 is 0 Å². The molecule has 1 amide bonds. The highest BCUT2D eigenvalue weighted by Gasteiger charge is 2.16. The molecule has 1 heterocycles. The van der Waals surface area contributed by atoms with Gasteiger partial charge in [0.05, 0.1) is 5.56 Å². The van der Waals surface area contributed by atoms with Crippen molar-refractivity contribution >= 4 is 23.4 Å². The Labute approximate surface area is 110 Å². The lowest BCUT2D eigenvalue weighted by Gasteiger charge is -2.21. The van der Waals surface area contributed by atoms with Crippen LogP contribution in [0.3, 0.4) is 0 Å². The van der Waals surface area contributed by atoms with Crippen LogP contribution in [0.5, 0.6) is 0 Å². The van der Waals surface area contributed by atoms with Crippen LogP contribution in [0, 0.1) is 5.82 Å². The molecule has 0 bridgehead atoms. The smallest absolute Gasteiger partial charge is 0.254 e. The first-order valence-corrected chi connectivity index (χ1v) is 7.16. The topological polar surface area (TPSA) is 55.1 Å². The van der Waals surface area contributed by atoms with E-state index in [0.29, 0.717) is 17.5 Å². The van der Waals surface area contributed by atoms with Crippen LogP contribution in [0.15, 0.2) is 18.2 Å². The van der Waals surface area contributed by atoms with Gasteiger partial charge in [0.2, 0.25) is 0 Å². The molecule has 0 aromatic heterocycles. The highest BCUT2D eigenvalue weighted by molar-refractivity contribution is 7.99. The fraction of sp³-hybridized carbons (Fsp3) is 0.462. The van der Waals surface area contributed by atoms with Gasteiger partial charge in [0.15, 0.2) is 0 Å². The highest BCUT2D eigenvalue weighted by atomic mass is 32.2. The van der Waals surface area contributed by atoms with Crippen molar-refractivity contribution < 1.29 is 9.18 Å². The predicted molar refractivity (Wildman–Crippen MR) is 73.2 cm³/mol. The summed E-state index contributed by atoms with van der Waals surface area (Å²) in [4.78, 5) is 11.8. The van der Waals surface area contributed by atoms with Gasteiger partial charge in [-0.05, 0) is 36.8 Å². The maximum absolute atomic E-state index is 13.5. The summed E-state index contributed by atoms with van der Waals surface area (Å²) in [5, 5.41) is 3.25. The zero-order chi connectivity index (χ0) is 13.0. The number of nitrogens with one attached hydrogen (secondary N) is 1. The van der Waals surface area contributed by atoms with E-state index in [0.717, 1.165) is 12.2 Å². The van der Waals surface area contributed by atoms with Gasteiger partial charge in [-0.1, -0.05) is 6.42 Å². The summed E-state index contributed by atoms with van der Waals surface area (Å²) in [6.07, 6.45) is 3.58. The molecule has 1 aliphatic rings. The SMILES string of the molecule is Nc1ccc(C(=O)NCC2CCCCS2)c(F)c1. The molecule has 0 saturated carbocycles. The summed E-state index contributed by atoms with van der Waals surface area (Å²) >= 11 is 1.88. The average molecular weight is 268 g/mol. The number of benzene rings is 1. The number of halogens is 1. The van der Waals surface area contributed by atoms with Crippen LogP contribution in [0.1, 0.15) is 29.6 Å². The normalized spacial score (nSPS) is 19.5. The van der Waals surface area contributed by atoms with Gasteiger partial charge in [-0.2, -0.15) is 11.8 Å². The molecule has 98 valence electrons. The Morgan fingerprint density at radius 3 is 3.00 bits per heavy atom. The van der Waals surface area contributed by atoms with Crippen molar-refractivity contribution in [3.05, 3.63) is 29.6 Å². The lowest BCUT2D eigenvalue weighted by molar-refractivity contribution is 0.0949. The molecule has 0 radical (unpaired) electrons. The highest BCUT2D eigenvalue weighted by Crippen LogP contribution is 2.24. The van der Waals surface area contributed by atoms with E-state index in [4.69, 9.17) is 5.73 Å². The standard InChI is InChI=1S/C13H17FN2OS/c14-12-7-9(15)4-5-11(12)13(17)16-8-10-3-1-2-6-18-10/h4-5,7,10H,1-3,6,8,15H2,(H,16,17). The van der Waals surface area contributed by atoms with Crippen LogP contribution in [0.2, 0.25) is 0 Å². The van der Waals surface area contributed by atoms with Crippen LogP contribution >= 0.6 is 11.8 Å². The second-order valence-corrected chi connectivity index (χ2v) is 5.85. The Kier molecular flexibility index (Phi) is 4.47. The van der Waals surface area contributed by atoms with Crippen molar-refractivity contribution in [1.82, 2.24) is 5.32 Å². The Morgan fingerprint density at radius 2 is 2.33 bits per heavy atom. The second kappa shape index (κ2) is 6.09. The lowest BCUT2D eigenvalue weighted by atomic mass is 10.1. The van der Waals surface area contributed by atoms with Crippen molar-refractivity contribution in [2.24, 2.45) is 0 Å². The van der Waals surface area contributed by atoms with Crippen molar-refractivity contribution in [2.45, 2.75) is 24.5 Å². The summed E-state index contributed by atoms with van der Waals surface area (Å²) in [5.74, 6) is 0.221. The Balaban J connectivity index is 1.90. The number of anilines is 1. The third kappa shape index (κ3) is 3.38. The minimum atomic E-state index is -0.566. The van der Waals surface area contributed by atoms with Gasteiger partial charge in [0, 0.05) is 17.5 Å². The molecule has 3 nitrogen and oxygen atoms in total. The zero-order valence-electron chi connectivity index (χ0n) is 10.1. The molecule has 1 aliphatic heterocycles. The fourth-order valence-corrected chi connectivity index (χ4v) is 3.22. The van der Waals surface area contributed by atoms with Crippen molar-refractivity contribution in [3.8, 4) is 0 Å². The first-order chi connectivity index (χ1) is 8.66. The van der Waals surface area contributed by atoms with E-state index in [2.05, 4.69) is 5.32 Å². The molecule has 1 unspecified atom stereocenters. The van der Waals surface area contributed by atoms with Crippen LogP contribution < -0.4 is 11.1 Å². The van der Waals surface area contributed by atoms with Gasteiger partial charge in [-0.3, -0.25) is 4.79 Å². The molecule has 3 N–H and O–H groups in total. The van der Waals surface area contributed by atoms with E-state index in [1.165, 1.54) is 31.0 Å². The third-order valence-electron chi connectivity index (χ3n) is 3.00. The van der Waals surface area contributed by atoms with Crippen molar-refractivity contribution in [2.75, 3.05) is 18.0 Å². The van der Waals surface area contributed by atoms with Crippen LogP contribution in [0.4, 0.5) is 10.1 Å². The first-order valence-electron chi connectivity index (χ1n) is 6.11. The molecular weight excluding hydrogens is 251 g/mol. The van der Waals surface area contributed by atoms with E-state index in [1.807, 2.05) is 11.8 Å². The maximum atomic E-state index is 13.5. The summed E-state index contributed by atoms with van der Waals surface area (Å²) < 4.78 is 13.5. The average Bonchev–Trinajstić information content (AvgIpc) is 2.37. The second-order valence-electron chi connectivity index (χ2n) is 4.44. The maximum Gasteiger partial charge on any atom is 0.254 e. The summed E-state index contributed by atoms with van der Waals surface area (Å²) in [6, 6.07) is 4.13. The molecule has 1 aromatic carbocycles. The van der Waals surface area contributed by atoms with Gasteiger partial charge in [0.1, 0.15) is 5.82 Å². The van der Waals surface area contributed by atoms with Crippen LogP contribution in [0.25, 0.3) is 0 Å². The number of rotatable bonds is 3. The van der Waals surface area contributed by atoms with Gasteiger partial charge in [0.25, 0.3) is 5.91 Å². The van der Waals surface area contributed by atoms with Crippen molar-refractivity contribution in [1.29, 1.82) is 0 Å². The van der Waals surface area contributed by atoms with E-state index in [1.54, 1.807) is 0 Å². The molecule has 1 fully saturated rings. The van der Waals surface area contributed by atoms with Gasteiger partial charge in [-0.15, -0.1) is 0 Å². The summed E-state index contributed by atoms with van der Waals surface area (Å²) in [5.41, 5.74) is 5.83. The molecule has 1 atom stereocenters. The number of hydrogen-bond acceptors (Lipinski definition) is 3.